The molecule has 0 radical (unpaired) electrons. The average molecular weight is 290 g/mol. The zero-order valence-corrected chi connectivity index (χ0v) is 12.8. The molecule has 0 aliphatic rings. The third kappa shape index (κ3) is 4.14. The summed E-state index contributed by atoms with van der Waals surface area (Å²) in [5.41, 5.74) is 0.608. The second-order valence-electron chi connectivity index (χ2n) is 5.42. The zero-order valence-electron chi connectivity index (χ0n) is 12.8. The summed E-state index contributed by atoms with van der Waals surface area (Å²) in [6.07, 6.45) is 4.18. The van der Waals surface area contributed by atoms with Gasteiger partial charge in [-0.15, -0.1) is 0 Å². The van der Waals surface area contributed by atoms with Crippen LogP contribution >= 0.6 is 0 Å². The number of nitrogens with one attached hydrogen (secondary N) is 1. The molecule has 0 aromatic carbocycles. The number of hydrogen-bond acceptors (Lipinski definition) is 5. The van der Waals surface area contributed by atoms with Crippen LogP contribution in [0.4, 0.5) is 5.69 Å². The van der Waals surface area contributed by atoms with Crippen LogP contribution in [0.2, 0.25) is 0 Å². The highest BCUT2D eigenvalue weighted by atomic mass is 16.1. The minimum absolute atomic E-state index is 0.143. The highest BCUT2D eigenvalue weighted by Gasteiger charge is 2.09. The maximum absolute atomic E-state index is 12.1. The maximum Gasteiger partial charge on any atom is 0.269 e. The van der Waals surface area contributed by atoms with Gasteiger partial charge in [0.05, 0.1) is 11.9 Å². The summed E-state index contributed by atoms with van der Waals surface area (Å²) in [5.74, 6) is 1.21. The molecule has 0 fully saturated rings. The maximum atomic E-state index is 12.1. The highest BCUT2D eigenvalue weighted by molar-refractivity contribution is 5.38. The van der Waals surface area contributed by atoms with Crippen molar-refractivity contribution in [1.29, 1.82) is 0 Å². The number of nitrogens with zero attached hydrogens (tertiary/aromatic N) is 5. The van der Waals surface area contributed by atoms with Crippen molar-refractivity contribution in [2.75, 3.05) is 11.9 Å². The fourth-order valence-electron chi connectivity index (χ4n) is 1.96. The van der Waals surface area contributed by atoms with Crippen LogP contribution in [0.5, 0.6) is 0 Å². The first-order chi connectivity index (χ1) is 10.1. The molecular weight excluding hydrogens is 268 g/mol. The second-order valence-corrected chi connectivity index (χ2v) is 5.42. The predicted octanol–water partition coefficient (Wildman–Crippen LogP) is 1.36. The molecule has 2 heterocycles. The van der Waals surface area contributed by atoms with Gasteiger partial charge in [0.1, 0.15) is 18.7 Å². The molecular formula is C14H22N6O. The molecule has 2 rings (SSSR count). The molecule has 0 aliphatic heterocycles. The van der Waals surface area contributed by atoms with Crippen LogP contribution in [0.1, 0.15) is 33.0 Å². The molecule has 0 unspecified atom stereocenters. The van der Waals surface area contributed by atoms with Crippen LogP contribution in [-0.2, 0) is 13.1 Å². The van der Waals surface area contributed by atoms with Crippen molar-refractivity contribution < 1.29 is 0 Å². The van der Waals surface area contributed by atoms with E-state index in [1.165, 1.54) is 11.0 Å². The lowest BCUT2D eigenvalue weighted by molar-refractivity contribution is 0.453. The summed E-state index contributed by atoms with van der Waals surface area (Å²) < 4.78 is 3.22. The van der Waals surface area contributed by atoms with Crippen LogP contribution in [0.15, 0.2) is 23.4 Å². The molecule has 0 saturated carbocycles. The van der Waals surface area contributed by atoms with E-state index >= 15 is 0 Å². The Morgan fingerprint density at radius 3 is 2.76 bits per heavy atom. The number of rotatable bonds is 7. The van der Waals surface area contributed by atoms with E-state index in [-0.39, 0.29) is 5.56 Å². The topological polar surface area (TPSA) is 77.6 Å². The van der Waals surface area contributed by atoms with Crippen LogP contribution in [0, 0.1) is 5.92 Å². The Morgan fingerprint density at radius 1 is 1.29 bits per heavy atom. The van der Waals surface area contributed by atoms with E-state index in [0.29, 0.717) is 12.5 Å². The Hall–Kier alpha value is -2.18. The van der Waals surface area contributed by atoms with Gasteiger partial charge in [-0.25, -0.2) is 14.3 Å². The first kappa shape index (κ1) is 15.2. The van der Waals surface area contributed by atoms with Gasteiger partial charge in [0.25, 0.3) is 5.56 Å². The molecule has 21 heavy (non-hydrogen) atoms. The van der Waals surface area contributed by atoms with E-state index in [1.54, 1.807) is 12.3 Å². The lowest BCUT2D eigenvalue weighted by Gasteiger charge is -2.10. The Kier molecular flexibility index (Phi) is 5.08. The van der Waals surface area contributed by atoms with Crippen molar-refractivity contribution in [1.82, 2.24) is 24.5 Å². The Labute approximate surface area is 124 Å². The summed E-state index contributed by atoms with van der Waals surface area (Å²) in [6, 6.07) is 1.56. The molecule has 2 aromatic rings. The van der Waals surface area contributed by atoms with E-state index in [9.17, 15) is 4.79 Å². The van der Waals surface area contributed by atoms with Crippen molar-refractivity contribution in [3.05, 3.63) is 34.8 Å². The monoisotopic (exact) mass is 290 g/mol. The van der Waals surface area contributed by atoms with Crippen LogP contribution in [0.25, 0.3) is 0 Å². The van der Waals surface area contributed by atoms with Crippen LogP contribution in [-0.4, -0.2) is 31.1 Å². The fraction of sp³-hybridized carbons (Fsp3) is 0.571. The quantitative estimate of drug-likeness (QED) is 0.833. The Morgan fingerprint density at radius 2 is 2.10 bits per heavy atom. The van der Waals surface area contributed by atoms with E-state index in [2.05, 4.69) is 41.3 Å². The van der Waals surface area contributed by atoms with E-state index in [4.69, 9.17) is 0 Å². The summed E-state index contributed by atoms with van der Waals surface area (Å²) >= 11 is 0. The van der Waals surface area contributed by atoms with Gasteiger partial charge in [-0.3, -0.25) is 4.79 Å². The van der Waals surface area contributed by atoms with Gasteiger partial charge in [0, 0.05) is 19.2 Å². The standard InChI is InChI=1S/C14H22N6O/c1-4-5-15-12-6-14(21)20(17-7-12)9-13-16-10-18-19(13)8-11(2)3/h6-7,10-11,15H,4-5,8-9H2,1-3H3. The fourth-order valence-corrected chi connectivity index (χ4v) is 1.96. The van der Waals surface area contributed by atoms with Crippen LogP contribution in [0.3, 0.4) is 0 Å². The first-order valence-electron chi connectivity index (χ1n) is 7.28. The normalized spacial score (nSPS) is 11.0. The SMILES string of the molecule is CCCNc1cnn(Cc2ncnn2CC(C)C)c(=O)c1. The summed E-state index contributed by atoms with van der Waals surface area (Å²) in [7, 11) is 0. The Bertz CT molecular complexity index is 630. The predicted molar refractivity (Wildman–Crippen MR) is 81.2 cm³/mol. The van der Waals surface area contributed by atoms with E-state index < -0.39 is 0 Å². The van der Waals surface area contributed by atoms with E-state index in [0.717, 1.165) is 31.0 Å². The third-order valence-electron chi connectivity index (χ3n) is 2.97. The molecule has 0 atom stereocenters. The van der Waals surface area contributed by atoms with Crippen molar-refractivity contribution in [3.63, 3.8) is 0 Å². The van der Waals surface area contributed by atoms with Gasteiger partial charge >= 0.3 is 0 Å². The van der Waals surface area contributed by atoms with E-state index in [1.807, 2.05) is 4.68 Å². The second kappa shape index (κ2) is 7.01. The van der Waals surface area contributed by atoms with Gasteiger partial charge in [0.15, 0.2) is 0 Å². The minimum Gasteiger partial charge on any atom is -0.384 e. The molecule has 7 nitrogen and oxygen atoms in total. The Balaban J connectivity index is 2.13. The van der Waals surface area contributed by atoms with Gasteiger partial charge in [0.2, 0.25) is 0 Å². The average Bonchev–Trinajstić information content (AvgIpc) is 2.85. The first-order valence-corrected chi connectivity index (χ1v) is 7.28. The lowest BCUT2D eigenvalue weighted by Crippen LogP contribution is -2.25. The van der Waals surface area contributed by atoms with Gasteiger partial charge in [-0.1, -0.05) is 20.8 Å². The molecule has 0 saturated heterocycles. The summed E-state index contributed by atoms with van der Waals surface area (Å²) in [6.45, 7) is 8.24. The highest BCUT2D eigenvalue weighted by Crippen LogP contribution is 2.03. The zero-order chi connectivity index (χ0) is 15.2. The number of anilines is 1. The summed E-state index contributed by atoms with van der Waals surface area (Å²) in [4.78, 5) is 16.3. The molecule has 0 bridgehead atoms. The molecule has 114 valence electrons. The van der Waals surface area contributed by atoms with Crippen molar-refractivity contribution in [2.24, 2.45) is 5.92 Å². The molecule has 2 aromatic heterocycles. The molecule has 0 aliphatic carbocycles. The molecule has 7 heteroatoms. The van der Waals surface area contributed by atoms with Crippen molar-refractivity contribution in [2.45, 2.75) is 40.3 Å². The number of hydrogen-bond donors (Lipinski definition) is 1. The molecule has 1 N–H and O–H groups in total. The minimum atomic E-state index is -0.143. The van der Waals surface area contributed by atoms with Crippen molar-refractivity contribution in [3.8, 4) is 0 Å². The van der Waals surface area contributed by atoms with Crippen molar-refractivity contribution >= 4 is 5.69 Å². The smallest absolute Gasteiger partial charge is 0.269 e. The summed E-state index contributed by atoms with van der Waals surface area (Å²) in [5, 5.41) is 11.5. The third-order valence-corrected chi connectivity index (χ3v) is 2.97. The van der Waals surface area contributed by atoms with Gasteiger partial charge < -0.3 is 5.32 Å². The largest absolute Gasteiger partial charge is 0.384 e. The lowest BCUT2D eigenvalue weighted by atomic mass is 10.2. The van der Waals surface area contributed by atoms with Gasteiger partial charge in [-0.05, 0) is 12.3 Å². The number of aromatic nitrogens is 5. The molecule has 0 amide bonds. The van der Waals surface area contributed by atoms with Gasteiger partial charge in [-0.2, -0.15) is 10.2 Å². The van der Waals surface area contributed by atoms with Crippen LogP contribution < -0.4 is 10.9 Å². The molecule has 0 spiro atoms.